The molecule has 4 rings (SSSR count). The van der Waals surface area contributed by atoms with Crippen molar-refractivity contribution in [2.45, 2.75) is 57.9 Å². The molecule has 0 radical (unpaired) electrons. The van der Waals surface area contributed by atoms with Gasteiger partial charge in [-0.1, -0.05) is 42.0 Å². The van der Waals surface area contributed by atoms with Crippen molar-refractivity contribution in [2.75, 3.05) is 6.61 Å². The Labute approximate surface area is 205 Å². The lowest BCUT2D eigenvalue weighted by atomic mass is 9.82. The zero-order valence-electron chi connectivity index (χ0n) is 20.0. The van der Waals surface area contributed by atoms with E-state index < -0.39 is 35.7 Å². The maximum atomic E-state index is 13.4. The Morgan fingerprint density at radius 2 is 1.80 bits per heavy atom. The summed E-state index contributed by atoms with van der Waals surface area (Å²) in [4.78, 5) is 37.9. The minimum absolute atomic E-state index is 0.105. The van der Waals surface area contributed by atoms with Crippen LogP contribution in [0.4, 0.5) is 0 Å². The highest BCUT2D eigenvalue weighted by Crippen LogP contribution is 2.26. The Hall–Kier alpha value is -3.39. The first-order valence-electron chi connectivity index (χ1n) is 12.1. The molecular weight excluding hydrogens is 448 g/mol. The van der Waals surface area contributed by atoms with Gasteiger partial charge in [-0.2, -0.15) is 0 Å². The summed E-state index contributed by atoms with van der Waals surface area (Å²) in [6.07, 6.45) is 3.50. The summed E-state index contributed by atoms with van der Waals surface area (Å²) >= 11 is 0. The molecule has 2 aromatic carbocycles. The van der Waals surface area contributed by atoms with Gasteiger partial charge in [-0.15, -0.1) is 0 Å². The number of fused-ring (bicyclic) bond motifs is 12. The smallest absolute Gasteiger partial charge is 0.326 e. The van der Waals surface area contributed by atoms with Crippen molar-refractivity contribution in [2.24, 2.45) is 11.8 Å². The lowest BCUT2D eigenvalue weighted by Crippen LogP contribution is -2.48. The molecule has 2 heterocycles. The van der Waals surface area contributed by atoms with Crippen molar-refractivity contribution in [3.63, 3.8) is 0 Å². The number of amides is 2. The maximum Gasteiger partial charge on any atom is 0.326 e. The molecule has 2 aliphatic rings. The van der Waals surface area contributed by atoms with E-state index in [0.29, 0.717) is 44.5 Å². The van der Waals surface area contributed by atoms with E-state index in [2.05, 4.69) is 5.32 Å². The lowest BCUT2D eigenvalue weighted by molar-refractivity contribution is -0.144. The molecule has 2 amide bonds. The van der Waals surface area contributed by atoms with Gasteiger partial charge in [0.15, 0.2) is 0 Å². The quantitative estimate of drug-likeness (QED) is 0.369. The molecule has 0 aromatic heterocycles. The number of carboxylic acids is 1. The highest BCUT2D eigenvalue weighted by molar-refractivity contribution is 5.89. The highest BCUT2D eigenvalue weighted by atomic mass is 16.5. The van der Waals surface area contributed by atoms with E-state index in [1.807, 2.05) is 31.2 Å². The zero-order chi connectivity index (χ0) is 25.2. The summed E-state index contributed by atoms with van der Waals surface area (Å²) in [5.41, 5.74) is 4.74. The average molecular weight is 483 g/mol. The predicted molar refractivity (Wildman–Crippen MR) is 130 cm³/mol. The molecule has 2 aliphatic heterocycles. The minimum atomic E-state index is -1.15. The van der Waals surface area contributed by atoms with Crippen LogP contribution in [0.5, 0.6) is 5.75 Å². The largest absolute Gasteiger partial charge is 0.494 e. The predicted octanol–water partition coefficient (Wildman–Crippen LogP) is 3.43. The van der Waals surface area contributed by atoms with E-state index in [0.717, 1.165) is 23.1 Å². The number of ether oxygens (including phenoxy) is 1. The van der Waals surface area contributed by atoms with Crippen LogP contribution in [-0.2, 0) is 27.2 Å². The molecule has 0 saturated heterocycles. The van der Waals surface area contributed by atoms with Gasteiger partial charge in [0.2, 0.25) is 11.8 Å². The summed E-state index contributed by atoms with van der Waals surface area (Å²) in [5.74, 6) is -3.15. The standard InChI is InChI=1S/C27H34N2O6/c1-18-8-10-19(11-9-18)5-4-7-22-23(26(31)29-34)6-2-3-16-35-21-14-12-20(13-15-21)17-24(27(32)33)28-25(22)30/h8-15,22-24,34H,2-7,16-17H2,1H3,(H,28,30)(H,29,31)(H,32,33)/t22?,23-,24-/m0/s1. The molecule has 3 atom stereocenters. The number of rotatable bonds is 6. The first-order chi connectivity index (χ1) is 16.9. The number of carbonyl (C=O) groups excluding carboxylic acids is 2. The van der Waals surface area contributed by atoms with Crippen LogP contribution < -0.4 is 15.5 Å². The molecule has 0 saturated carbocycles. The van der Waals surface area contributed by atoms with Gasteiger partial charge in [0.05, 0.1) is 12.5 Å². The van der Waals surface area contributed by atoms with E-state index in [4.69, 9.17) is 4.74 Å². The Kier molecular flexibility index (Phi) is 9.66. The summed E-state index contributed by atoms with van der Waals surface area (Å²) in [7, 11) is 0. The van der Waals surface area contributed by atoms with Gasteiger partial charge in [-0.3, -0.25) is 14.8 Å². The number of benzene rings is 2. The second kappa shape index (κ2) is 12.9. The van der Waals surface area contributed by atoms with Crippen molar-refractivity contribution in [3.05, 3.63) is 65.2 Å². The molecule has 0 fully saturated rings. The van der Waals surface area contributed by atoms with Crippen molar-refractivity contribution in [3.8, 4) is 5.75 Å². The molecule has 35 heavy (non-hydrogen) atoms. The maximum absolute atomic E-state index is 13.4. The van der Waals surface area contributed by atoms with Gasteiger partial charge in [-0.25, -0.2) is 10.3 Å². The molecule has 2 bridgehead atoms. The summed E-state index contributed by atoms with van der Waals surface area (Å²) in [5, 5.41) is 21.8. The van der Waals surface area contributed by atoms with Crippen molar-refractivity contribution < 1.29 is 29.4 Å². The van der Waals surface area contributed by atoms with Crippen LogP contribution >= 0.6 is 0 Å². The van der Waals surface area contributed by atoms with E-state index in [1.165, 1.54) is 0 Å². The Morgan fingerprint density at radius 3 is 2.46 bits per heavy atom. The van der Waals surface area contributed by atoms with Gasteiger partial charge >= 0.3 is 5.97 Å². The van der Waals surface area contributed by atoms with Crippen LogP contribution in [-0.4, -0.2) is 40.7 Å². The van der Waals surface area contributed by atoms with E-state index in [1.54, 1.807) is 29.7 Å². The lowest BCUT2D eigenvalue weighted by Gasteiger charge is -2.26. The van der Waals surface area contributed by atoms with Gasteiger partial charge < -0.3 is 15.2 Å². The normalized spacial score (nSPS) is 21.2. The van der Waals surface area contributed by atoms with Gasteiger partial charge in [0.25, 0.3) is 0 Å². The van der Waals surface area contributed by atoms with Crippen molar-refractivity contribution in [1.29, 1.82) is 0 Å². The van der Waals surface area contributed by atoms with E-state index >= 15 is 0 Å². The minimum Gasteiger partial charge on any atom is -0.494 e. The van der Waals surface area contributed by atoms with Gasteiger partial charge in [0, 0.05) is 12.3 Å². The fraction of sp³-hybridized carbons (Fsp3) is 0.444. The first-order valence-corrected chi connectivity index (χ1v) is 12.1. The monoisotopic (exact) mass is 482 g/mol. The summed E-state index contributed by atoms with van der Waals surface area (Å²) in [6.45, 7) is 2.47. The molecular formula is C27H34N2O6. The van der Waals surface area contributed by atoms with Crippen LogP contribution in [0.25, 0.3) is 0 Å². The SMILES string of the molecule is Cc1ccc(CCCC2C(=O)N[C@H](C(=O)O)Cc3ccc(cc3)OCCCC[C@@H]2C(=O)NO)cc1. The molecule has 2 aromatic rings. The fourth-order valence-corrected chi connectivity index (χ4v) is 4.49. The Bertz CT molecular complexity index is 990. The molecule has 8 heteroatoms. The average Bonchev–Trinajstić information content (AvgIpc) is 2.86. The molecule has 8 nitrogen and oxygen atoms in total. The number of carboxylic acid groups (broad SMARTS) is 1. The van der Waals surface area contributed by atoms with Crippen LogP contribution in [0.2, 0.25) is 0 Å². The van der Waals surface area contributed by atoms with E-state index in [9.17, 15) is 24.7 Å². The zero-order valence-corrected chi connectivity index (χ0v) is 20.0. The number of hydroxylamine groups is 1. The van der Waals surface area contributed by atoms with Crippen LogP contribution in [0, 0.1) is 18.8 Å². The number of aliphatic carboxylic acids is 1. The Balaban J connectivity index is 1.82. The second-order valence-corrected chi connectivity index (χ2v) is 9.16. The Morgan fingerprint density at radius 1 is 1.09 bits per heavy atom. The summed E-state index contributed by atoms with van der Waals surface area (Å²) < 4.78 is 5.75. The topological polar surface area (TPSA) is 125 Å². The van der Waals surface area contributed by atoms with Crippen molar-refractivity contribution >= 4 is 17.8 Å². The molecule has 0 aliphatic carbocycles. The summed E-state index contributed by atoms with van der Waals surface area (Å²) in [6, 6.07) is 14.1. The second-order valence-electron chi connectivity index (χ2n) is 9.16. The molecule has 0 spiro atoms. The third kappa shape index (κ3) is 7.82. The number of hydrogen-bond acceptors (Lipinski definition) is 5. The van der Waals surface area contributed by atoms with E-state index in [-0.39, 0.29) is 6.42 Å². The fourth-order valence-electron chi connectivity index (χ4n) is 4.49. The number of hydrogen-bond donors (Lipinski definition) is 4. The van der Waals surface area contributed by atoms with Crippen molar-refractivity contribution in [1.82, 2.24) is 10.8 Å². The molecule has 4 N–H and O–H groups in total. The third-order valence-corrected chi connectivity index (χ3v) is 6.53. The van der Waals surface area contributed by atoms with Gasteiger partial charge in [-0.05, 0) is 68.7 Å². The molecule has 1 unspecified atom stereocenters. The number of carbonyl (C=O) groups is 3. The number of nitrogens with one attached hydrogen (secondary N) is 2. The number of aryl methyl sites for hydroxylation is 2. The first kappa shape index (κ1) is 26.2. The third-order valence-electron chi connectivity index (χ3n) is 6.53. The van der Waals surface area contributed by atoms with Crippen LogP contribution in [0.3, 0.4) is 0 Å². The molecule has 188 valence electrons. The van der Waals surface area contributed by atoms with Crippen LogP contribution in [0.1, 0.15) is 48.8 Å². The van der Waals surface area contributed by atoms with Crippen LogP contribution in [0.15, 0.2) is 48.5 Å². The van der Waals surface area contributed by atoms with Gasteiger partial charge in [0.1, 0.15) is 11.8 Å². The highest BCUT2D eigenvalue weighted by Gasteiger charge is 2.35.